The summed E-state index contributed by atoms with van der Waals surface area (Å²) in [7, 11) is 0. The average Bonchev–Trinajstić information content (AvgIpc) is 2.41. The van der Waals surface area contributed by atoms with E-state index in [-0.39, 0.29) is 6.04 Å². The first kappa shape index (κ1) is 15.3. The van der Waals surface area contributed by atoms with Gasteiger partial charge in [-0.05, 0) is 58.7 Å². The Morgan fingerprint density at radius 1 is 1.40 bits per heavy atom. The summed E-state index contributed by atoms with van der Waals surface area (Å²) in [5.74, 6) is 0.557. The van der Waals surface area contributed by atoms with Crippen LogP contribution in [-0.4, -0.2) is 11.5 Å². The zero-order chi connectivity index (χ0) is 14.7. The summed E-state index contributed by atoms with van der Waals surface area (Å²) in [5.41, 5.74) is 9.31. The molecule has 1 aromatic carbocycles. The molecule has 2 aromatic rings. The van der Waals surface area contributed by atoms with E-state index in [4.69, 9.17) is 17.3 Å². The third-order valence-electron chi connectivity index (χ3n) is 3.21. The van der Waals surface area contributed by atoms with Crippen molar-refractivity contribution in [3.05, 3.63) is 56.6 Å². The highest BCUT2D eigenvalue weighted by atomic mass is 79.9. The minimum absolute atomic E-state index is 0.00210. The first-order valence-electron chi connectivity index (χ1n) is 6.44. The summed E-state index contributed by atoms with van der Waals surface area (Å²) in [6.45, 7) is 4.95. The zero-order valence-corrected chi connectivity index (χ0v) is 13.8. The Morgan fingerprint density at radius 3 is 2.75 bits per heavy atom. The van der Waals surface area contributed by atoms with Crippen LogP contribution >= 0.6 is 27.5 Å². The molecule has 1 atom stereocenters. The van der Waals surface area contributed by atoms with E-state index in [1.807, 2.05) is 31.2 Å². The number of benzene rings is 1. The summed E-state index contributed by atoms with van der Waals surface area (Å²) in [4.78, 5) is 4.21. The second-order valence-corrected chi connectivity index (χ2v) is 5.85. The number of rotatable bonds is 4. The van der Waals surface area contributed by atoms with Crippen molar-refractivity contribution in [2.24, 2.45) is 0 Å². The number of hydrogen-bond donors (Lipinski definition) is 2. The molecule has 0 aliphatic rings. The van der Waals surface area contributed by atoms with Crippen molar-refractivity contribution in [3.8, 4) is 0 Å². The molecule has 0 spiro atoms. The highest BCUT2D eigenvalue weighted by Gasteiger charge is 2.19. The molecular formula is C15H17BrClN3. The van der Waals surface area contributed by atoms with E-state index in [2.05, 4.69) is 33.2 Å². The Bertz CT molecular complexity index is 596. The van der Waals surface area contributed by atoms with Crippen molar-refractivity contribution in [3.63, 3.8) is 0 Å². The summed E-state index contributed by atoms with van der Waals surface area (Å²) < 4.78 is 0.875. The van der Waals surface area contributed by atoms with Gasteiger partial charge in [0.2, 0.25) is 0 Å². The Hall–Kier alpha value is -1.10. The maximum absolute atomic E-state index is 6.07. The van der Waals surface area contributed by atoms with Crippen LogP contribution in [0.5, 0.6) is 0 Å². The molecule has 106 valence electrons. The zero-order valence-electron chi connectivity index (χ0n) is 11.5. The number of halogens is 2. The number of nitrogen functional groups attached to an aromatic ring is 1. The second-order valence-electron chi connectivity index (χ2n) is 4.59. The number of nitrogens with zero attached hydrogens (tertiary/aromatic N) is 1. The summed E-state index contributed by atoms with van der Waals surface area (Å²) in [5, 5.41) is 4.15. The van der Waals surface area contributed by atoms with Crippen LogP contribution < -0.4 is 11.1 Å². The maximum atomic E-state index is 6.07. The fourth-order valence-corrected chi connectivity index (χ4v) is 2.76. The first-order chi connectivity index (χ1) is 9.54. The molecule has 0 aliphatic carbocycles. The second kappa shape index (κ2) is 6.57. The SMILES string of the molecule is CCNC(c1ccc(Cl)c(Br)c1)c1c(C)ccnc1N. The Kier molecular flexibility index (Phi) is 5.02. The van der Waals surface area contributed by atoms with E-state index in [0.717, 1.165) is 27.7 Å². The molecule has 3 nitrogen and oxygen atoms in total. The molecule has 0 radical (unpaired) electrons. The molecule has 0 saturated heterocycles. The molecule has 2 rings (SSSR count). The van der Waals surface area contributed by atoms with Crippen LogP contribution in [0.25, 0.3) is 0 Å². The standard InChI is InChI=1S/C15H17BrClN3/c1-3-19-14(10-4-5-12(17)11(16)8-10)13-9(2)6-7-20-15(13)18/h4-8,14,19H,3H2,1-2H3,(H2,18,20). The van der Waals surface area contributed by atoms with Gasteiger partial charge in [-0.25, -0.2) is 4.98 Å². The van der Waals surface area contributed by atoms with E-state index in [0.29, 0.717) is 10.8 Å². The fraction of sp³-hybridized carbons (Fsp3) is 0.267. The Labute approximate surface area is 132 Å². The maximum Gasteiger partial charge on any atom is 0.128 e. The lowest BCUT2D eigenvalue weighted by molar-refractivity contribution is 0.627. The van der Waals surface area contributed by atoms with Crippen LogP contribution in [-0.2, 0) is 0 Å². The minimum Gasteiger partial charge on any atom is -0.383 e. The van der Waals surface area contributed by atoms with Crippen molar-refractivity contribution in [2.45, 2.75) is 19.9 Å². The van der Waals surface area contributed by atoms with Gasteiger partial charge >= 0.3 is 0 Å². The van der Waals surface area contributed by atoms with Gasteiger partial charge in [0.05, 0.1) is 11.1 Å². The summed E-state index contributed by atoms with van der Waals surface area (Å²) in [6, 6.07) is 7.88. The van der Waals surface area contributed by atoms with Gasteiger partial charge in [0.15, 0.2) is 0 Å². The topological polar surface area (TPSA) is 50.9 Å². The molecule has 0 bridgehead atoms. The van der Waals surface area contributed by atoms with Crippen LogP contribution in [0.2, 0.25) is 5.02 Å². The monoisotopic (exact) mass is 353 g/mol. The molecule has 0 saturated carbocycles. The quantitative estimate of drug-likeness (QED) is 0.869. The number of anilines is 1. The van der Waals surface area contributed by atoms with E-state index in [1.165, 1.54) is 0 Å². The van der Waals surface area contributed by atoms with E-state index >= 15 is 0 Å². The predicted molar refractivity (Wildman–Crippen MR) is 88.1 cm³/mol. The van der Waals surface area contributed by atoms with E-state index < -0.39 is 0 Å². The lowest BCUT2D eigenvalue weighted by atomic mass is 9.95. The molecule has 1 unspecified atom stereocenters. The van der Waals surface area contributed by atoms with Crippen LogP contribution in [0.1, 0.15) is 29.7 Å². The minimum atomic E-state index is 0.00210. The third-order valence-corrected chi connectivity index (χ3v) is 4.43. The summed E-state index contributed by atoms with van der Waals surface area (Å²) >= 11 is 9.54. The Balaban J connectivity index is 2.53. The van der Waals surface area contributed by atoms with Crippen LogP contribution in [0.3, 0.4) is 0 Å². The molecule has 0 aliphatic heterocycles. The van der Waals surface area contributed by atoms with Gasteiger partial charge < -0.3 is 11.1 Å². The van der Waals surface area contributed by atoms with Crippen LogP contribution in [0.4, 0.5) is 5.82 Å². The number of hydrogen-bond acceptors (Lipinski definition) is 3. The number of nitrogens with one attached hydrogen (secondary N) is 1. The molecule has 20 heavy (non-hydrogen) atoms. The molecular weight excluding hydrogens is 338 g/mol. The largest absolute Gasteiger partial charge is 0.383 e. The van der Waals surface area contributed by atoms with Gasteiger partial charge in [0.1, 0.15) is 5.82 Å². The van der Waals surface area contributed by atoms with Crippen LogP contribution in [0.15, 0.2) is 34.9 Å². The van der Waals surface area contributed by atoms with Crippen molar-refractivity contribution < 1.29 is 0 Å². The molecule has 3 N–H and O–H groups in total. The lowest BCUT2D eigenvalue weighted by Crippen LogP contribution is -2.24. The van der Waals surface area contributed by atoms with Crippen molar-refractivity contribution in [2.75, 3.05) is 12.3 Å². The summed E-state index contributed by atoms with van der Waals surface area (Å²) in [6.07, 6.45) is 1.73. The molecule has 0 amide bonds. The van der Waals surface area contributed by atoms with Crippen LogP contribution in [0, 0.1) is 6.92 Å². The van der Waals surface area contributed by atoms with Gasteiger partial charge in [0.25, 0.3) is 0 Å². The smallest absolute Gasteiger partial charge is 0.128 e. The first-order valence-corrected chi connectivity index (χ1v) is 7.61. The van der Waals surface area contributed by atoms with Crippen molar-refractivity contribution in [1.82, 2.24) is 10.3 Å². The number of pyridine rings is 1. The number of aromatic nitrogens is 1. The molecule has 1 aromatic heterocycles. The highest BCUT2D eigenvalue weighted by molar-refractivity contribution is 9.10. The lowest BCUT2D eigenvalue weighted by Gasteiger charge is -2.22. The fourth-order valence-electron chi connectivity index (χ4n) is 2.25. The van der Waals surface area contributed by atoms with E-state index in [1.54, 1.807) is 6.20 Å². The average molecular weight is 355 g/mol. The Morgan fingerprint density at radius 2 is 2.15 bits per heavy atom. The molecule has 0 fully saturated rings. The van der Waals surface area contributed by atoms with Gasteiger partial charge in [0, 0.05) is 16.2 Å². The van der Waals surface area contributed by atoms with E-state index in [9.17, 15) is 0 Å². The van der Waals surface area contributed by atoms with Crippen molar-refractivity contribution >= 4 is 33.3 Å². The van der Waals surface area contributed by atoms with Gasteiger partial charge in [-0.1, -0.05) is 24.6 Å². The number of aryl methyl sites for hydroxylation is 1. The van der Waals surface area contributed by atoms with Crippen molar-refractivity contribution in [1.29, 1.82) is 0 Å². The normalized spacial score (nSPS) is 12.4. The highest BCUT2D eigenvalue weighted by Crippen LogP contribution is 2.32. The van der Waals surface area contributed by atoms with Gasteiger partial charge in [-0.2, -0.15) is 0 Å². The predicted octanol–water partition coefficient (Wildman–Crippen LogP) is 4.09. The molecule has 5 heteroatoms. The van der Waals surface area contributed by atoms with Gasteiger partial charge in [-0.3, -0.25) is 0 Å². The molecule has 1 heterocycles. The third kappa shape index (κ3) is 3.14. The van der Waals surface area contributed by atoms with Gasteiger partial charge in [-0.15, -0.1) is 0 Å². The number of nitrogens with two attached hydrogens (primary N) is 1.